The Morgan fingerprint density at radius 2 is 1.50 bits per heavy atom. The molecule has 78 valence electrons. The molecule has 0 aliphatic heterocycles. The van der Waals surface area contributed by atoms with Gasteiger partial charge in [0.2, 0.25) is 0 Å². The summed E-state index contributed by atoms with van der Waals surface area (Å²) in [5.74, 6) is -0.189. The van der Waals surface area contributed by atoms with E-state index in [-0.39, 0.29) is 5.97 Å². The Bertz CT molecular complexity index is 207. The Labute approximate surface area is 90.8 Å². The van der Waals surface area contributed by atoms with Crippen LogP contribution in [0.5, 0.6) is 0 Å². The molecule has 0 saturated heterocycles. The zero-order valence-electron chi connectivity index (χ0n) is 8.79. The fraction of sp³-hybridized carbons (Fsp3) is 0.364. The van der Waals surface area contributed by atoms with Crippen LogP contribution < -0.4 is 0 Å². The molecule has 0 N–H and O–H groups in total. The molecule has 0 spiro atoms. The molecule has 0 aromatic heterocycles. The molecule has 2 nitrogen and oxygen atoms in total. The first-order chi connectivity index (χ1) is 6.60. The van der Waals surface area contributed by atoms with E-state index in [0.717, 1.165) is 13.3 Å². The van der Waals surface area contributed by atoms with Gasteiger partial charge in [-0.2, -0.15) is 0 Å². The van der Waals surface area contributed by atoms with Gasteiger partial charge in [0, 0.05) is 0 Å². The van der Waals surface area contributed by atoms with Gasteiger partial charge in [-0.1, -0.05) is 0 Å². The van der Waals surface area contributed by atoms with Crippen LogP contribution in [0.1, 0.15) is 6.92 Å². The van der Waals surface area contributed by atoms with Gasteiger partial charge >= 0.3 is 90.8 Å². The molecule has 0 radical (unpaired) electrons. The van der Waals surface area contributed by atoms with Gasteiger partial charge in [0.1, 0.15) is 0 Å². The van der Waals surface area contributed by atoms with Crippen molar-refractivity contribution >= 4 is 24.8 Å². The molecule has 0 heterocycles. The molecule has 0 fully saturated rings. The molecule has 0 atom stereocenters. The van der Waals surface area contributed by atoms with E-state index in [0.29, 0.717) is 0 Å². The topological polar surface area (TPSA) is 26.3 Å². The molecule has 0 unspecified atom stereocenters. The number of hydrogen-bond donors (Lipinski definition) is 0. The first-order valence-corrected chi connectivity index (χ1v) is 11.8. The minimum atomic E-state index is -2.85. The average molecular weight is 301 g/mol. The van der Waals surface area contributed by atoms with Crippen molar-refractivity contribution in [3.8, 4) is 0 Å². The van der Waals surface area contributed by atoms with Gasteiger partial charge in [0.05, 0.1) is 0 Å². The third-order valence-electron chi connectivity index (χ3n) is 1.91. The SMILES string of the molecule is C=C[CH2][Sn]([CH2]C=C)([CH2]C=C)[O]C(C)=O. The van der Waals surface area contributed by atoms with E-state index in [1.54, 1.807) is 0 Å². The Balaban J connectivity index is 4.69. The fourth-order valence-corrected chi connectivity index (χ4v) is 9.85. The summed E-state index contributed by atoms with van der Waals surface area (Å²) in [5, 5.41) is 0. The number of rotatable bonds is 7. The maximum atomic E-state index is 11.0. The van der Waals surface area contributed by atoms with Crippen LogP contribution in [0.4, 0.5) is 0 Å². The molecule has 14 heavy (non-hydrogen) atoms. The molecule has 0 amide bonds. The molecule has 0 aromatic rings. The van der Waals surface area contributed by atoms with E-state index in [2.05, 4.69) is 19.7 Å². The second kappa shape index (κ2) is 6.87. The van der Waals surface area contributed by atoms with Gasteiger partial charge in [0.25, 0.3) is 0 Å². The molecule has 0 rings (SSSR count). The molecule has 0 aliphatic rings. The fourth-order valence-electron chi connectivity index (χ4n) is 1.47. The van der Waals surface area contributed by atoms with Gasteiger partial charge in [-0.25, -0.2) is 0 Å². The number of hydrogen-bond acceptors (Lipinski definition) is 2. The number of carbonyl (C=O) groups is 1. The third-order valence-corrected chi connectivity index (χ3v) is 12.8. The maximum absolute atomic E-state index is 11.0. The van der Waals surface area contributed by atoms with Crippen molar-refractivity contribution in [2.24, 2.45) is 0 Å². The van der Waals surface area contributed by atoms with Gasteiger partial charge < -0.3 is 0 Å². The average Bonchev–Trinajstić information content (AvgIpc) is 2.03. The summed E-state index contributed by atoms with van der Waals surface area (Å²) in [6, 6.07) is 0. The predicted octanol–water partition coefficient (Wildman–Crippen LogP) is 3.05. The van der Waals surface area contributed by atoms with Gasteiger partial charge in [0.15, 0.2) is 0 Å². The van der Waals surface area contributed by atoms with Crippen molar-refractivity contribution in [2.75, 3.05) is 0 Å². The van der Waals surface area contributed by atoms with Crippen molar-refractivity contribution in [3.63, 3.8) is 0 Å². The molecule has 0 aliphatic carbocycles. The standard InChI is InChI=1S/3C3H5.C2H4O2.Sn/c3*1-3-2;1-2(3)4;/h3*3H,1-2H2;1H3,(H,3,4);/q;;;;+1/p-1. The first kappa shape index (κ1) is 13.5. The Kier molecular flexibility index (Phi) is 6.62. The van der Waals surface area contributed by atoms with Crippen molar-refractivity contribution in [1.82, 2.24) is 0 Å². The van der Waals surface area contributed by atoms with Crippen molar-refractivity contribution in [3.05, 3.63) is 38.0 Å². The summed E-state index contributed by atoms with van der Waals surface area (Å²) in [6.45, 7) is 12.6. The van der Waals surface area contributed by atoms with Crippen molar-refractivity contribution in [2.45, 2.75) is 20.2 Å². The second-order valence-electron chi connectivity index (χ2n) is 3.26. The van der Waals surface area contributed by atoms with Crippen LogP contribution in [-0.4, -0.2) is 24.8 Å². The molecule has 3 heteroatoms. The zero-order chi connectivity index (χ0) is 11.0. The second-order valence-corrected chi connectivity index (χ2v) is 14.1. The molecule has 0 aromatic carbocycles. The van der Waals surface area contributed by atoms with Crippen LogP contribution >= 0.6 is 0 Å². The summed E-state index contributed by atoms with van der Waals surface area (Å²) in [5.41, 5.74) is 0. The van der Waals surface area contributed by atoms with Crippen LogP contribution in [0, 0.1) is 0 Å². The zero-order valence-corrected chi connectivity index (χ0v) is 11.6. The number of carbonyl (C=O) groups excluding carboxylic acids is 1. The Hall–Kier alpha value is -0.511. The first-order valence-electron chi connectivity index (χ1n) is 4.62. The third kappa shape index (κ3) is 4.65. The monoisotopic (exact) mass is 302 g/mol. The molecule has 0 saturated carbocycles. The van der Waals surface area contributed by atoms with Crippen LogP contribution in [0.25, 0.3) is 0 Å². The van der Waals surface area contributed by atoms with Gasteiger partial charge in [-0.05, 0) is 0 Å². The van der Waals surface area contributed by atoms with E-state index < -0.39 is 18.8 Å². The predicted molar refractivity (Wildman–Crippen MR) is 62.5 cm³/mol. The molecular weight excluding hydrogens is 283 g/mol. The van der Waals surface area contributed by atoms with E-state index >= 15 is 0 Å². The van der Waals surface area contributed by atoms with Crippen LogP contribution in [-0.2, 0) is 7.87 Å². The van der Waals surface area contributed by atoms with Gasteiger partial charge in [-0.15, -0.1) is 0 Å². The van der Waals surface area contributed by atoms with Gasteiger partial charge in [-0.3, -0.25) is 0 Å². The molecular formula is C11H18O2Sn. The summed E-state index contributed by atoms with van der Waals surface area (Å²) in [4.78, 5) is 11.0. The summed E-state index contributed by atoms with van der Waals surface area (Å²) in [7, 11) is 0. The minimum absolute atomic E-state index is 0.189. The quantitative estimate of drug-likeness (QED) is 0.533. The van der Waals surface area contributed by atoms with E-state index in [1.807, 2.05) is 18.2 Å². The van der Waals surface area contributed by atoms with E-state index in [4.69, 9.17) is 3.07 Å². The summed E-state index contributed by atoms with van der Waals surface area (Å²) < 4.78 is 7.99. The number of allylic oxidation sites excluding steroid dienone is 3. The Morgan fingerprint density at radius 3 is 1.71 bits per heavy atom. The normalized spacial score (nSPS) is 10.4. The van der Waals surface area contributed by atoms with Crippen molar-refractivity contribution < 1.29 is 7.87 Å². The van der Waals surface area contributed by atoms with Crippen LogP contribution in [0.2, 0.25) is 13.3 Å². The van der Waals surface area contributed by atoms with E-state index in [9.17, 15) is 4.79 Å². The van der Waals surface area contributed by atoms with Crippen LogP contribution in [0.3, 0.4) is 0 Å². The van der Waals surface area contributed by atoms with Crippen molar-refractivity contribution in [1.29, 1.82) is 0 Å². The summed E-state index contributed by atoms with van der Waals surface area (Å²) >= 11 is -2.85. The van der Waals surface area contributed by atoms with Crippen LogP contribution in [0.15, 0.2) is 38.0 Å². The molecule has 0 bridgehead atoms. The summed E-state index contributed by atoms with van der Waals surface area (Å²) in [6.07, 6.45) is 5.52. The Morgan fingerprint density at radius 1 is 1.14 bits per heavy atom. The van der Waals surface area contributed by atoms with E-state index in [1.165, 1.54) is 6.92 Å².